The number of carbonyl (C=O) groups is 6. The van der Waals surface area contributed by atoms with Crippen molar-refractivity contribution in [3.8, 4) is 0 Å². The maximum atomic E-state index is 12.3. The van der Waals surface area contributed by atoms with Crippen LogP contribution in [0.2, 0.25) is 0 Å². The fourth-order valence-electron chi connectivity index (χ4n) is 3.10. The lowest BCUT2D eigenvalue weighted by Gasteiger charge is -2.43. The third-order valence-electron chi connectivity index (χ3n) is 4.23. The summed E-state index contributed by atoms with van der Waals surface area (Å²) in [6.07, 6.45) is 0. The van der Waals surface area contributed by atoms with Gasteiger partial charge in [0.25, 0.3) is 0 Å². The molecule has 0 atom stereocenters. The van der Waals surface area contributed by atoms with E-state index in [0.29, 0.717) is 0 Å². The number of hydrogen-bond donors (Lipinski definition) is 6. The normalized spacial score (nSPS) is 37.2. The van der Waals surface area contributed by atoms with Gasteiger partial charge in [-0.1, -0.05) is 0 Å². The van der Waals surface area contributed by atoms with E-state index in [2.05, 4.69) is 32.6 Å². The third kappa shape index (κ3) is 4.27. The summed E-state index contributed by atoms with van der Waals surface area (Å²) in [4.78, 5) is 73.6. The van der Waals surface area contributed by atoms with Crippen LogP contribution in [0.5, 0.6) is 0 Å². The molecule has 18 nitrogen and oxygen atoms in total. The third-order valence-corrected chi connectivity index (χ3v) is 4.23. The molecule has 0 aromatic heterocycles. The lowest BCUT2D eigenvalue weighted by atomic mass is 10.5. The Morgan fingerprint density at radius 3 is 0.600 bits per heavy atom. The number of nitrogens with zero attached hydrogens (tertiary/aromatic N) is 6. The molecule has 5 aliphatic rings. The molecule has 5 rings (SSSR count). The molecule has 0 aromatic carbocycles. The number of hydrogen-bond acceptors (Lipinski definition) is 12. The summed E-state index contributed by atoms with van der Waals surface area (Å²) in [6.45, 7) is -0.763. The van der Waals surface area contributed by atoms with E-state index in [9.17, 15) is 28.8 Å². The summed E-state index contributed by atoms with van der Waals surface area (Å²) in [6, 6.07) is 0. The lowest BCUT2D eigenvalue weighted by Crippen LogP contribution is -2.72. The van der Waals surface area contributed by atoms with Crippen LogP contribution in [0.25, 0.3) is 0 Å². The van der Waals surface area contributed by atoms with Crippen molar-refractivity contribution in [2.75, 3.05) is 40.0 Å². The summed E-state index contributed by atoms with van der Waals surface area (Å²) in [5, 5.41) is 7.13. The smallest absolute Gasteiger partial charge is 0.278 e. The van der Waals surface area contributed by atoms with Crippen LogP contribution in [0.3, 0.4) is 0 Å². The van der Waals surface area contributed by atoms with Crippen LogP contribution in [0, 0.1) is 0 Å². The van der Waals surface area contributed by atoms with E-state index in [4.69, 9.17) is 0 Å². The van der Waals surface area contributed by atoms with Crippen molar-refractivity contribution in [2.24, 2.45) is 0 Å². The van der Waals surface area contributed by atoms with Crippen molar-refractivity contribution in [1.82, 2.24) is 62.6 Å². The van der Waals surface area contributed by atoms with E-state index in [1.807, 2.05) is 0 Å². The largest absolute Gasteiger partial charge is 0.325 e. The Hall–Kier alpha value is -3.42. The summed E-state index contributed by atoms with van der Waals surface area (Å²) in [5.74, 6) is -6.00. The minimum atomic E-state index is -1.000. The topological polar surface area (TPSA) is 194 Å². The van der Waals surface area contributed by atoms with Crippen molar-refractivity contribution >= 4 is 35.4 Å². The van der Waals surface area contributed by atoms with Crippen molar-refractivity contribution in [1.29, 1.82) is 0 Å². The van der Waals surface area contributed by atoms with Crippen molar-refractivity contribution < 1.29 is 28.8 Å². The molecule has 0 spiro atoms. The molecular formula is C12H18N12O6. The van der Waals surface area contributed by atoms with Gasteiger partial charge in [-0.05, 0) is 0 Å². The molecule has 0 aliphatic carbocycles. The first-order valence-electron chi connectivity index (χ1n) is 8.61. The predicted molar refractivity (Wildman–Crippen MR) is 89.1 cm³/mol. The highest BCUT2D eigenvalue weighted by atomic mass is 16.2. The minimum Gasteiger partial charge on any atom is -0.278 e. The molecule has 162 valence electrons. The monoisotopic (exact) mass is 426 g/mol. The highest BCUT2D eigenvalue weighted by Gasteiger charge is 2.35. The van der Waals surface area contributed by atoms with Gasteiger partial charge in [0, 0.05) is 0 Å². The molecule has 0 aromatic rings. The first-order chi connectivity index (χ1) is 14.3. The number of carbonyl (C=O) groups excluding carboxylic acids is 6. The zero-order chi connectivity index (χ0) is 21.4. The van der Waals surface area contributed by atoms with Gasteiger partial charge in [-0.3, -0.25) is 61.3 Å². The van der Waals surface area contributed by atoms with E-state index >= 15 is 0 Å². The molecule has 5 heterocycles. The van der Waals surface area contributed by atoms with Gasteiger partial charge in [-0.15, -0.1) is 0 Å². The van der Waals surface area contributed by atoms with Crippen molar-refractivity contribution in [3.05, 3.63) is 0 Å². The van der Waals surface area contributed by atoms with Gasteiger partial charge in [0.05, 0.1) is 40.0 Å². The Balaban J connectivity index is 1.71. The van der Waals surface area contributed by atoms with Crippen LogP contribution >= 0.6 is 0 Å². The fourth-order valence-corrected chi connectivity index (χ4v) is 3.10. The first-order valence-corrected chi connectivity index (χ1v) is 8.61. The molecule has 5 fully saturated rings. The predicted octanol–water partition coefficient (Wildman–Crippen LogP) is -7.22. The molecule has 30 heavy (non-hydrogen) atoms. The van der Waals surface area contributed by atoms with Gasteiger partial charge in [0.1, 0.15) is 0 Å². The number of hydrazine groups is 6. The SMILES string of the molecule is O=C1NN2CN3CN(C2)NC(=O)C(=O)NN2CN(CN(C2)NC(=O)C(=O)N3)NC1=O. The molecule has 6 amide bonds. The van der Waals surface area contributed by atoms with Crippen LogP contribution in [0.15, 0.2) is 0 Å². The van der Waals surface area contributed by atoms with E-state index in [-0.39, 0.29) is 40.0 Å². The van der Waals surface area contributed by atoms with E-state index < -0.39 is 35.4 Å². The van der Waals surface area contributed by atoms with Crippen molar-refractivity contribution in [2.45, 2.75) is 0 Å². The van der Waals surface area contributed by atoms with E-state index in [0.717, 1.165) is 0 Å². The Labute approximate surface area is 167 Å². The van der Waals surface area contributed by atoms with Gasteiger partial charge >= 0.3 is 35.4 Å². The molecule has 5 aliphatic heterocycles. The Bertz CT molecular complexity index is 637. The molecule has 18 heteroatoms. The molecule has 5 saturated heterocycles. The summed E-state index contributed by atoms with van der Waals surface area (Å²) < 4.78 is 0. The molecule has 0 saturated carbocycles. The Morgan fingerprint density at radius 2 is 0.467 bits per heavy atom. The quantitative estimate of drug-likeness (QED) is 0.201. The van der Waals surface area contributed by atoms with Crippen LogP contribution in [-0.2, 0) is 28.8 Å². The molecule has 0 radical (unpaired) electrons. The molecule has 0 unspecified atom stereocenters. The number of amides is 6. The van der Waals surface area contributed by atoms with E-state index in [1.54, 1.807) is 0 Å². The highest BCUT2D eigenvalue weighted by Crippen LogP contribution is 2.05. The second-order valence-corrected chi connectivity index (χ2v) is 6.73. The van der Waals surface area contributed by atoms with Crippen molar-refractivity contribution in [3.63, 3.8) is 0 Å². The number of rotatable bonds is 0. The summed E-state index contributed by atoms with van der Waals surface area (Å²) >= 11 is 0. The fraction of sp³-hybridized carbons (Fsp3) is 0.500. The van der Waals surface area contributed by atoms with Gasteiger partial charge in [-0.25, -0.2) is 0 Å². The maximum absolute atomic E-state index is 12.3. The molecular weight excluding hydrogens is 408 g/mol. The van der Waals surface area contributed by atoms with Gasteiger partial charge in [0.15, 0.2) is 0 Å². The van der Waals surface area contributed by atoms with Crippen LogP contribution in [-0.4, -0.2) is 106 Å². The zero-order valence-electron chi connectivity index (χ0n) is 15.4. The second kappa shape index (κ2) is 7.78. The van der Waals surface area contributed by atoms with Crippen LogP contribution < -0.4 is 32.6 Å². The van der Waals surface area contributed by atoms with Crippen LogP contribution in [0.4, 0.5) is 0 Å². The Morgan fingerprint density at radius 1 is 0.333 bits per heavy atom. The first kappa shape index (κ1) is 19.9. The molecule has 6 N–H and O–H groups in total. The number of nitrogens with one attached hydrogen (secondary N) is 6. The van der Waals surface area contributed by atoms with Crippen LogP contribution in [0.1, 0.15) is 0 Å². The highest BCUT2D eigenvalue weighted by molar-refractivity contribution is 6.35. The van der Waals surface area contributed by atoms with Gasteiger partial charge < -0.3 is 0 Å². The maximum Gasteiger partial charge on any atom is 0.325 e. The zero-order valence-corrected chi connectivity index (χ0v) is 15.4. The molecule has 6 bridgehead atoms. The van der Waals surface area contributed by atoms with Gasteiger partial charge in [0.2, 0.25) is 0 Å². The summed E-state index contributed by atoms with van der Waals surface area (Å²) in [7, 11) is 0. The minimum absolute atomic E-state index is 0.127. The standard InChI is InChI=1S/C12H18N12O6/c25-7-9(27)16-22-4-23-6-24(5-22)18-12(30)11(29)15-21-2-19(13-7)1-20(3-21)14-8(26)10(28)17-23/h1-6H2,(H,13,25)(H,14,26)(H,15,29)(H,16,27)(H,17,28)(H,18,30). The summed E-state index contributed by atoms with van der Waals surface area (Å²) in [5.41, 5.74) is 14.0. The second-order valence-electron chi connectivity index (χ2n) is 6.73. The average molecular weight is 426 g/mol. The average Bonchev–Trinajstić information content (AvgIpc) is 2.66. The van der Waals surface area contributed by atoms with Gasteiger partial charge in [-0.2, -0.15) is 30.1 Å². The Kier molecular flexibility index (Phi) is 5.15. The number of fused-ring (bicyclic) bond motifs is 9. The lowest BCUT2D eigenvalue weighted by molar-refractivity contribution is -0.172. The van der Waals surface area contributed by atoms with E-state index in [1.165, 1.54) is 30.1 Å².